The lowest BCUT2D eigenvalue weighted by molar-refractivity contribution is 1.20. The number of nitrogens with zero attached hydrogens (tertiary/aromatic N) is 1. The molecule has 0 saturated carbocycles. The number of rotatable bonds is 1. The summed E-state index contributed by atoms with van der Waals surface area (Å²) in [6, 6.07) is 8.03. The van der Waals surface area contributed by atoms with Crippen LogP contribution in [0.5, 0.6) is 0 Å². The second kappa shape index (κ2) is 3.40. The van der Waals surface area contributed by atoms with Crippen molar-refractivity contribution in [1.82, 2.24) is 10.3 Å². The lowest BCUT2D eigenvalue weighted by Gasteiger charge is -1.93. The van der Waals surface area contributed by atoms with Crippen molar-refractivity contribution in [3.63, 3.8) is 0 Å². The van der Waals surface area contributed by atoms with E-state index in [0.717, 1.165) is 10.5 Å². The van der Waals surface area contributed by atoms with Crippen LogP contribution in [0.15, 0.2) is 24.3 Å². The molecule has 1 aromatic carbocycles. The maximum atomic E-state index is 5.10. The molecule has 1 heterocycles. The van der Waals surface area contributed by atoms with Crippen LogP contribution in [-0.4, -0.2) is 17.0 Å². The predicted molar refractivity (Wildman–Crippen MR) is 60.4 cm³/mol. The molecule has 2 nitrogen and oxygen atoms in total. The van der Waals surface area contributed by atoms with Gasteiger partial charge in [-0.05, 0) is 12.1 Å². The number of hydrogen-bond acceptors (Lipinski definition) is 3. The number of hydrogen-bond donors (Lipinski definition) is 1. The summed E-state index contributed by atoms with van der Waals surface area (Å²) in [6.45, 7) is 0. The van der Waals surface area contributed by atoms with Crippen LogP contribution in [0.2, 0.25) is 0 Å². The first-order valence-corrected chi connectivity index (χ1v) is 5.11. The fourth-order valence-corrected chi connectivity index (χ4v) is 2.16. The number of fused-ring (bicyclic) bond motifs is 1. The van der Waals surface area contributed by atoms with Crippen molar-refractivity contribution in [1.29, 1.82) is 0 Å². The summed E-state index contributed by atoms with van der Waals surface area (Å²) < 4.78 is 1.18. The highest BCUT2D eigenvalue weighted by atomic mass is 32.1. The average molecular weight is 208 g/mol. The molecule has 0 amide bonds. The van der Waals surface area contributed by atoms with Gasteiger partial charge in [0.05, 0.1) is 10.2 Å². The van der Waals surface area contributed by atoms with E-state index in [1.807, 2.05) is 25.2 Å². The summed E-state index contributed by atoms with van der Waals surface area (Å²) in [5, 5.41) is 3.81. The molecule has 0 aliphatic heterocycles. The van der Waals surface area contributed by atoms with Gasteiger partial charge >= 0.3 is 0 Å². The normalized spacial score (nSPS) is 10.2. The van der Waals surface area contributed by atoms with Gasteiger partial charge in [-0.2, -0.15) is 0 Å². The van der Waals surface area contributed by atoms with Crippen LogP contribution in [0.25, 0.3) is 10.2 Å². The quantitative estimate of drug-likeness (QED) is 0.727. The molecule has 4 heteroatoms. The lowest BCUT2D eigenvalue weighted by atomic mass is 10.3. The van der Waals surface area contributed by atoms with Crippen molar-refractivity contribution in [2.75, 3.05) is 7.05 Å². The molecule has 2 aromatic rings. The maximum absolute atomic E-state index is 5.10. The average Bonchev–Trinajstić information content (AvgIpc) is 2.59. The molecule has 0 radical (unpaired) electrons. The minimum absolute atomic E-state index is 0.709. The summed E-state index contributed by atoms with van der Waals surface area (Å²) in [4.78, 5) is 5.11. The Morgan fingerprint density at radius 3 is 2.92 bits per heavy atom. The first-order chi connectivity index (χ1) is 6.31. The zero-order chi connectivity index (χ0) is 9.26. The van der Waals surface area contributed by atoms with Gasteiger partial charge in [0.15, 0.2) is 5.01 Å². The Morgan fingerprint density at radius 2 is 2.23 bits per heavy atom. The molecule has 1 aromatic heterocycles. The fraction of sp³-hybridized carbons (Fsp3) is 0.111. The van der Waals surface area contributed by atoms with Crippen molar-refractivity contribution < 1.29 is 0 Å². The van der Waals surface area contributed by atoms with Crippen LogP contribution in [0.1, 0.15) is 5.01 Å². The molecule has 2 rings (SSSR count). The predicted octanol–water partition coefficient (Wildman–Crippen LogP) is 2.19. The number of thiazole rings is 1. The van der Waals surface area contributed by atoms with Gasteiger partial charge in [0, 0.05) is 7.05 Å². The van der Waals surface area contributed by atoms with E-state index in [1.165, 1.54) is 4.70 Å². The molecule has 0 bridgehead atoms. The second-order valence-electron chi connectivity index (χ2n) is 2.57. The van der Waals surface area contributed by atoms with Crippen molar-refractivity contribution in [2.45, 2.75) is 0 Å². The van der Waals surface area contributed by atoms with E-state index in [0.29, 0.717) is 4.99 Å². The Balaban J connectivity index is 2.56. The summed E-state index contributed by atoms with van der Waals surface area (Å²) >= 11 is 6.71. The number of thiocarbonyl (C=S) groups is 1. The number of nitrogens with one attached hydrogen (secondary N) is 1. The highest BCUT2D eigenvalue weighted by molar-refractivity contribution is 7.81. The van der Waals surface area contributed by atoms with E-state index < -0.39 is 0 Å². The summed E-state index contributed by atoms with van der Waals surface area (Å²) in [6.07, 6.45) is 0. The molecule has 0 aliphatic rings. The number of para-hydroxylation sites is 1. The van der Waals surface area contributed by atoms with Crippen LogP contribution >= 0.6 is 23.6 Å². The maximum Gasteiger partial charge on any atom is 0.151 e. The highest BCUT2D eigenvalue weighted by Gasteiger charge is 2.05. The van der Waals surface area contributed by atoms with Crippen LogP contribution in [-0.2, 0) is 0 Å². The van der Waals surface area contributed by atoms with Crippen molar-refractivity contribution in [3.05, 3.63) is 29.3 Å². The van der Waals surface area contributed by atoms with Crippen LogP contribution in [0.4, 0.5) is 0 Å². The fourth-order valence-electron chi connectivity index (χ4n) is 1.08. The zero-order valence-corrected chi connectivity index (χ0v) is 8.71. The third-order valence-electron chi connectivity index (χ3n) is 1.72. The van der Waals surface area contributed by atoms with E-state index in [1.54, 1.807) is 11.3 Å². The summed E-state index contributed by atoms with van der Waals surface area (Å²) in [7, 11) is 1.81. The molecule has 0 atom stereocenters. The molecule has 1 N–H and O–H groups in total. The monoisotopic (exact) mass is 208 g/mol. The molecule has 0 aliphatic carbocycles. The van der Waals surface area contributed by atoms with Gasteiger partial charge in [-0.1, -0.05) is 24.4 Å². The van der Waals surface area contributed by atoms with Crippen LogP contribution in [0, 0.1) is 0 Å². The molecule has 0 saturated heterocycles. The first-order valence-electron chi connectivity index (χ1n) is 3.89. The molecule has 66 valence electrons. The summed E-state index contributed by atoms with van der Waals surface area (Å²) in [5.74, 6) is 0. The lowest BCUT2D eigenvalue weighted by Crippen LogP contribution is -2.15. The number of benzene rings is 1. The topological polar surface area (TPSA) is 24.9 Å². The van der Waals surface area contributed by atoms with Gasteiger partial charge in [-0.25, -0.2) is 4.98 Å². The van der Waals surface area contributed by atoms with Gasteiger partial charge < -0.3 is 5.32 Å². The Hall–Kier alpha value is -1.00. The van der Waals surface area contributed by atoms with Crippen LogP contribution < -0.4 is 5.32 Å². The van der Waals surface area contributed by atoms with E-state index >= 15 is 0 Å². The third kappa shape index (κ3) is 1.55. The molecular weight excluding hydrogens is 200 g/mol. The van der Waals surface area contributed by atoms with Crippen molar-refractivity contribution in [2.24, 2.45) is 0 Å². The third-order valence-corrected chi connectivity index (χ3v) is 3.30. The Morgan fingerprint density at radius 1 is 1.46 bits per heavy atom. The molecule has 0 spiro atoms. The highest BCUT2D eigenvalue weighted by Crippen LogP contribution is 2.21. The van der Waals surface area contributed by atoms with Gasteiger partial charge in [-0.15, -0.1) is 11.3 Å². The minimum Gasteiger partial charge on any atom is -0.377 e. The van der Waals surface area contributed by atoms with E-state index in [4.69, 9.17) is 12.2 Å². The largest absolute Gasteiger partial charge is 0.377 e. The van der Waals surface area contributed by atoms with Crippen molar-refractivity contribution >= 4 is 38.8 Å². The smallest absolute Gasteiger partial charge is 0.151 e. The Labute approximate surface area is 85.6 Å². The van der Waals surface area contributed by atoms with Gasteiger partial charge in [-0.3, -0.25) is 0 Å². The van der Waals surface area contributed by atoms with Crippen LogP contribution in [0.3, 0.4) is 0 Å². The molecule has 0 unspecified atom stereocenters. The zero-order valence-electron chi connectivity index (χ0n) is 7.07. The molecule has 0 fully saturated rings. The number of aromatic nitrogens is 1. The van der Waals surface area contributed by atoms with Gasteiger partial charge in [0.2, 0.25) is 0 Å². The molecule has 13 heavy (non-hydrogen) atoms. The summed E-state index contributed by atoms with van der Waals surface area (Å²) in [5.41, 5.74) is 1.01. The first kappa shape index (κ1) is 8.59. The van der Waals surface area contributed by atoms with E-state index in [2.05, 4.69) is 16.4 Å². The van der Waals surface area contributed by atoms with E-state index in [-0.39, 0.29) is 0 Å². The standard InChI is InChI=1S/C9H8N2S2/c1-10-8(12)9-11-6-4-2-3-5-7(6)13-9/h2-5H,1H3,(H,10,12). The Bertz CT molecular complexity index is 415. The van der Waals surface area contributed by atoms with Gasteiger partial charge in [0.1, 0.15) is 4.99 Å². The van der Waals surface area contributed by atoms with Gasteiger partial charge in [0.25, 0.3) is 0 Å². The van der Waals surface area contributed by atoms with Crippen molar-refractivity contribution in [3.8, 4) is 0 Å². The Kier molecular flexibility index (Phi) is 2.24. The molecular formula is C9H8N2S2. The minimum atomic E-state index is 0.709. The second-order valence-corrected chi connectivity index (χ2v) is 4.00. The van der Waals surface area contributed by atoms with E-state index in [9.17, 15) is 0 Å². The SMILES string of the molecule is CNC(=S)c1nc2ccccc2s1.